The van der Waals surface area contributed by atoms with Crippen molar-refractivity contribution in [2.75, 3.05) is 0 Å². The van der Waals surface area contributed by atoms with E-state index in [0.29, 0.717) is 5.56 Å². The van der Waals surface area contributed by atoms with Gasteiger partial charge < -0.3 is 5.32 Å². The van der Waals surface area contributed by atoms with E-state index in [1.807, 2.05) is 31.4 Å². The molecule has 24 heavy (non-hydrogen) atoms. The highest BCUT2D eigenvalue weighted by Gasteiger charge is 2.16. The van der Waals surface area contributed by atoms with Gasteiger partial charge in [0.25, 0.3) is 0 Å². The molecule has 3 N–H and O–H groups in total. The molecule has 0 saturated heterocycles. The van der Waals surface area contributed by atoms with Crippen LogP contribution in [0.3, 0.4) is 0 Å². The Balaban J connectivity index is 2.43. The third-order valence-electron chi connectivity index (χ3n) is 3.21. The number of hydrogen-bond donors (Lipinski definition) is 3. The van der Waals surface area contributed by atoms with Crippen LogP contribution in [-0.4, -0.2) is 29.5 Å². The van der Waals surface area contributed by atoms with Crippen molar-refractivity contribution in [3.8, 4) is 0 Å². The number of ketones is 1. The lowest BCUT2D eigenvalue weighted by Crippen LogP contribution is -2.49. The fraction of sp³-hybridized carbons (Fsp3) is 0.412. The number of carbonyl (C=O) groups excluding carboxylic acids is 4. The quantitative estimate of drug-likeness (QED) is 0.424. The predicted molar refractivity (Wildman–Crippen MR) is 89.0 cm³/mol. The zero-order chi connectivity index (χ0) is 18.3. The Morgan fingerprint density at radius 1 is 0.958 bits per heavy atom. The molecule has 0 fully saturated rings. The van der Waals surface area contributed by atoms with Crippen LogP contribution in [0.15, 0.2) is 18.2 Å². The van der Waals surface area contributed by atoms with Gasteiger partial charge in [0.1, 0.15) is 0 Å². The number of Topliss-reactive ketones (excluding diaryl/α,β-unsaturated/α-hetero) is 1. The van der Waals surface area contributed by atoms with Gasteiger partial charge in [0.05, 0.1) is 0 Å². The van der Waals surface area contributed by atoms with Gasteiger partial charge in [0.2, 0.25) is 5.91 Å². The number of aryl methyl sites for hydroxylation is 2. The van der Waals surface area contributed by atoms with E-state index in [4.69, 9.17) is 0 Å². The van der Waals surface area contributed by atoms with Gasteiger partial charge in [0.15, 0.2) is 5.78 Å². The molecule has 0 bridgehead atoms. The van der Waals surface area contributed by atoms with Gasteiger partial charge in [-0.1, -0.05) is 17.7 Å². The first-order valence-corrected chi connectivity index (χ1v) is 7.71. The summed E-state index contributed by atoms with van der Waals surface area (Å²) in [4.78, 5) is 46.6. The zero-order valence-electron chi connectivity index (χ0n) is 14.4. The van der Waals surface area contributed by atoms with E-state index in [1.165, 1.54) is 0 Å². The van der Waals surface area contributed by atoms with Crippen molar-refractivity contribution in [1.82, 2.24) is 16.2 Å². The fourth-order valence-corrected chi connectivity index (χ4v) is 1.97. The van der Waals surface area contributed by atoms with E-state index in [0.717, 1.165) is 11.1 Å². The first-order chi connectivity index (χ1) is 11.2. The lowest BCUT2D eigenvalue weighted by atomic mass is 9.99. The number of benzene rings is 1. The third kappa shape index (κ3) is 6.20. The molecule has 0 aromatic heterocycles. The topological polar surface area (TPSA) is 104 Å². The molecule has 7 nitrogen and oxygen atoms in total. The molecule has 130 valence electrons. The second-order valence-electron chi connectivity index (χ2n) is 5.87. The average Bonchev–Trinajstić information content (AvgIpc) is 2.51. The van der Waals surface area contributed by atoms with E-state index in [1.54, 1.807) is 19.9 Å². The Morgan fingerprint density at radius 2 is 1.62 bits per heavy atom. The van der Waals surface area contributed by atoms with Crippen LogP contribution in [0.2, 0.25) is 0 Å². The molecule has 0 aliphatic heterocycles. The molecule has 7 heteroatoms. The first kappa shape index (κ1) is 19.3. The van der Waals surface area contributed by atoms with Crippen molar-refractivity contribution in [2.24, 2.45) is 0 Å². The van der Waals surface area contributed by atoms with E-state index in [-0.39, 0.29) is 24.7 Å². The number of amides is 3. The number of carbonyl (C=O) groups is 4. The van der Waals surface area contributed by atoms with Gasteiger partial charge in [-0.25, -0.2) is 0 Å². The van der Waals surface area contributed by atoms with E-state index in [9.17, 15) is 19.2 Å². The van der Waals surface area contributed by atoms with Crippen LogP contribution in [0.25, 0.3) is 0 Å². The van der Waals surface area contributed by atoms with Crippen molar-refractivity contribution < 1.29 is 19.2 Å². The minimum absolute atomic E-state index is 0.0180. The largest absolute Gasteiger partial charge is 0.346 e. The summed E-state index contributed by atoms with van der Waals surface area (Å²) >= 11 is 0. The normalized spacial score (nSPS) is 10.2. The highest BCUT2D eigenvalue weighted by molar-refractivity contribution is 6.35. The second kappa shape index (κ2) is 8.81. The number of rotatable bonds is 5. The van der Waals surface area contributed by atoms with Crippen LogP contribution in [0.1, 0.15) is 48.2 Å². The van der Waals surface area contributed by atoms with E-state index < -0.39 is 17.7 Å². The number of hydrogen-bond acceptors (Lipinski definition) is 4. The second-order valence-corrected chi connectivity index (χ2v) is 5.87. The summed E-state index contributed by atoms with van der Waals surface area (Å²) in [6.45, 7) is 7.15. The minimum Gasteiger partial charge on any atom is -0.346 e. The monoisotopic (exact) mass is 333 g/mol. The molecule has 0 aliphatic carbocycles. The van der Waals surface area contributed by atoms with Gasteiger partial charge in [0, 0.05) is 24.4 Å². The van der Waals surface area contributed by atoms with E-state index >= 15 is 0 Å². The van der Waals surface area contributed by atoms with Crippen LogP contribution in [0.5, 0.6) is 0 Å². The minimum atomic E-state index is -0.960. The fourth-order valence-electron chi connectivity index (χ4n) is 1.97. The van der Waals surface area contributed by atoms with Crippen molar-refractivity contribution in [3.63, 3.8) is 0 Å². The molecule has 0 aliphatic rings. The molecular formula is C17H23N3O4. The van der Waals surface area contributed by atoms with Gasteiger partial charge in [-0.15, -0.1) is 0 Å². The standard InChI is InChI=1S/C17H23N3O4/c1-10(2)18-16(23)17(24)20-19-15(22)8-7-14(21)13-9-11(3)5-6-12(13)4/h5-6,9-10H,7-8H2,1-4H3,(H,18,23)(H,19,22)(H,20,24). The van der Waals surface area contributed by atoms with Crippen LogP contribution >= 0.6 is 0 Å². The van der Waals surface area contributed by atoms with E-state index in [2.05, 4.69) is 10.7 Å². The van der Waals surface area contributed by atoms with Gasteiger partial charge >= 0.3 is 11.8 Å². The molecule has 0 atom stereocenters. The molecule has 0 spiro atoms. The van der Waals surface area contributed by atoms with Gasteiger partial charge in [-0.3, -0.25) is 30.0 Å². The predicted octanol–water partition coefficient (Wildman–Crippen LogP) is 0.938. The molecule has 0 heterocycles. The number of nitrogens with one attached hydrogen (secondary N) is 3. The maximum Gasteiger partial charge on any atom is 0.327 e. The Hall–Kier alpha value is -2.70. The van der Waals surface area contributed by atoms with Crippen molar-refractivity contribution in [2.45, 2.75) is 46.6 Å². The molecule has 3 amide bonds. The SMILES string of the molecule is Cc1ccc(C)c(C(=O)CCC(=O)NNC(=O)C(=O)NC(C)C)c1. The summed E-state index contributed by atoms with van der Waals surface area (Å²) in [7, 11) is 0. The summed E-state index contributed by atoms with van der Waals surface area (Å²) in [5.41, 5.74) is 6.53. The summed E-state index contributed by atoms with van der Waals surface area (Å²) < 4.78 is 0. The smallest absolute Gasteiger partial charge is 0.327 e. The molecule has 1 rings (SSSR count). The van der Waals surface area contributed by atoms with Gasteiger partial charge in [-0.05, 0) is 39.3 Å². The summed E-state index contributed by atoms with van der Waals surface area (Å²) in [5, 5.41) is 2.39. The molecular weight excluding hydrogens is 310 g/mol. The lowest BCUT2D eigenvalue weighted by Gasteiger charge is -2.10. The van der Waals surface area contributed by atoms with Crippen LogP contribution in [0.4, 0.5) is 0 Å². The molecule has 0 radical (unpaired) electrons. The summed E-state index contributed by atoms with van der Waals surface area (Å²) in [5.74, 6) is -2.48. The zero-order valence-corrected chi connectivity index (χ0v) is 14.4. The van der Waals surface area contributed by atoms with Crippen molar-refractivity contribution in [3.05, 3.63) is 34.9 Å². The first-order valence-electron chi connectivity index (χ1n) is 7.71. The van der Waals surface area contributed by atoms with Crippen molar-refractivity contribution in [1.29, 1.82) is 0 Å². The Labute approximate surface area is 141 Å². The summed E-state index contributed by atoms with van der Waals surface area (Å²) in [6.07, 6.45) is -0.0670. The molecule has 0 saturated carbocycles. The molecule has 0 unspecified atom stereocenters. The highest BCUT2D eigenvalue weighted by atomic mass is 16.2. The van der Waals surface area contributed by atoms with Gasteiger partial charge in [-0.2, -0.15) is 0 Å². The third-order valence-corrected chi connectivity index (χ3v) is 3.21. The van der Waals surface area contributed by atoms with Crippen LogP contribution in [-0.2, 0) is 14.4 Å². The number of hydrazine groups is 1. The highest BCUT2D eigenvalue weighted by Crippen LogP contribution is 2.13. The average molecular weight is 333 g/mol. The molecule has 1 aromatic rings. The summed E-state index contributed by atoms with van der Waals surface area (Å²) in [6, 6.07) is 5.37. The van der Waals surface area contributed by atoms with Crippen LogP contribution in [0, 0.1) is 13.8 Å². The van der Waals surface area contributed by atoms with Crippen molar-refractivity contribution >= 4 is 23.5 Å². The Kier molecular flexibility index (Phi) is 7.10. The Bertz CT molecular complexity index is 653. The Morgan fingerprint density at radius 3 is 2.25 bits per heavy atom. The lowest BCUT2D eigenvalue weighted by molar-refractivity contribution is -0.141. The molecule has 1 aromatic carbocycles. The van der Waals surface area contributed by atoms with Crippen LogP contribution < -0.4 is 16.2 Å². The maximum absolute atomic E-state index is 12.2. The maximum atomic E-state index is 12.2.